The molecule has 0 aliphatic carbocycles. The molecule has 1 N–H and O–H groups in total. The first-order valence-corrected chi connectivity index (χ1v) is 6.86. The SMILES string of the molecule is Cn1ccc(CNCC2CN3CCCC3CO2)n1. The Kier molecular flexibility index (Phi) is 3.63. The molecule has 1 aromatic rings. The third-order valence-electron chi connectivity index (χ3n) is 3.91. The van der Waals surface area contributed by atoms with Crippen molar-refractivity contribution >= 4 is 0 Å². The highest BCUT2D eigenvalue weighted by molar-refractivity contribution is 4.98. The van der Waals surface area contributed by atoms with E-state index < -0.39 is 0 Å². The number of fused-ring (bicyclic) bond motifs is 1. The summed E-state index contributed by atoms with van der Waals surface area (Å²) in [5.41, 5.74) is 1.09. The van der Waals surface area contributed by atoms with E-state index in [2.05, 4.69) is 15.3 Å². The van der Waals surface area contributed by atoms with E-state index in [0.717, 1.165) is 31.9 Å². The lowest BCUT2D eigenvalue weighted by Gasteiger charge is -2.35. The molecule has 2 aliphatic rings. The number of aryl methyl sites for hydroxylation is 1. The lowest BCUT2D eigenvalue weighted by atomic mass is 10.2. The number of nitrogens with one attached hydrogen (secondary N) is 1. The summed E-state index contributed by atoms with van der Waals surface area (Å²) in [5.74, 6) is 0. The molecule has 0 spiro atoms. The van der Waals surface area contributed by atoms with Crippen LogP contribution in [0.1, 0.15) is 18.5 Å². The van der Waals surface area contributed by atoms with Crippen LogP contribution in [0, 0.1) is 0 Å². The smallest absolute Gasteiger partial charge is 0.0827 e. The van der Waals surface area contributed by atoms with Crippen molar-refractivity contribution < 1.29 is 4.74 Å². The summed E-state index contributed by atoms with van der Waals surface area (Å²) in [6, 6.07) is 2.74. The van der Waals surface area contributed by atoms with Gasteiger partial charge in [0.15, 0.2) is 0 Å². The molecule has 100 valence electrons. The molecule has 2 unspecified atom stereocenters. The molecular formula is C13H22N4O. The van der Waals surface area contributed by atoms with Crippen molar-refractivity contribution in [2.24, 2.45) is 7.05 Å². The van der Waals surface area contributed by atoms with E-state index in [1.807, 2.05) is 24.0 Å². The van der Waals surface area contributed by atoms with Crippen LogP contribution in [0.25, 0.3) is 0 Å². The molecule has 3 rings (SSSR count). The fraction of sp³-hybridized carbons (Fsp3) is 0.769. The van der Waals surface area contributed by atoms with Crippen molar-refractivity contribution in [1.82, 2.24) is 20.0 Å². The van der Waals surface area contributed by atoms with Crippen LogP contribution in [0.3, 0.4) is 0 Å². The highest BCUT2D eigenvalue weighted by atomic mass is 16.5. The summed E-state index contributed by atoms with van der Waals surface area (Å²) in [6.07, 6.45) is 4.96. The Balaban J connectivity index is 1.41. The predicted octanol–water partition coefficient (Wildman–Crippen LogP) is 0.373. The lowest BCUT2D eigenvalue weighted by Crippen LogP contribution is -2.49. The normalized spacial score (nSPS) is 28.5. The van der Waals surface area contributed by atoms with Crippen LogP contribution in [0.5, 0.6) is 0 Å². The molecule has 5 nitrogen and oxygen atoms in total. The Labute approximate surface area is 108 Å². The van der Waals surface area contributed by atoms with Gasteiger partial charge >= 0.3 is 0 Å². The number of aromatic nitrogens is 2. The number of hydrogen-bond donors (Lipinski definition) is 1. The molecular weight excluding hydrogens is 228 g/mol. The van der Waals surface area contributed by atoms with Crippen molar-refractivity contribution in [2.75, 3.05) is 26.2 Å². The summed E-state index contributed by atoms with van der Waals surface area (Å²) in [4.78, 5) is 2.58. The van der Waals surface area contributed by atoms with Crippen LogP contribution in [0.4, 0.5) is 0 Å². The van der Waals surface area contributed by atoms with Gasteiger partial charge in [0.2, 0.25) is 0 Å². The summed E-state index contributed by atoms with van der Waals surface area (Å²) >= 11 is 0. The lowest BCUT2D eigenvalue weighted by molar-refractivity contribution is -0.0470. The Morgan fingerprint density at radius 2 is 2.50 bits per heavy atom. The molecule has 0 saturated carbocycles. The fourth-order valence-electron chi connectivity index (χ4n) is 2.93. The zero-order chi connectivity index (χ0) is 12.4. The number of rotatable bonds is 4. The standard InChI is InChI=1S/C13H22N4O/c1-16-6-4-11(15-16)7-14-8-13-9-17-5-2-3-12(17)10-18-13/h4,6,12-14H,2-3,5,7-10H2,1H3. The fourth-order valence-corrected chi connectivity index (χ4v) is 2.93. The van der Waals surface area contributed by atoms with E-state index >= 15 is 0 Å². The van der Waals surface area contributed by atoms with Crippen molar-refractivity contribution in [3.8, 4) is 0 Å². The van der Waals surface area contributed by atoms with E-state index in [-0.39, 0.29) is 0 Å². The molecule has 0 radical (unpaired) electrons. The molecule has 2 saturated heterocycles. The minimum Gasteiger partial charge on any atom is -0.374 e. The van der Waals surface area contributed by atoms with Gasteiger partial charge in [-0.3, -0.25) is 9.58 Å². The van der Waals surface area contributed by atoms with Gasteiger partial charge in [0.25, 0.3) is 0 Å². The molecule has 18 heavy (non-hydrogen) atoms. The first-order valence-electron chi connectivity index (χ1n) is 6.86. The van der Waals surface area contributed by atoms with E-state index in [9.17, 15) is 0 Å². The zero-order valence-corrected chi connectivity index (χ0v) is 11.0. The Morgan fingerprint density at radius 1 is 1.56 bits per heavy atom. The van der Waals surface area contributed by atoms with Gasteiger partial charge in [-0.1, -0.05) is 0 Å². The molecule has 3 heterocycles. The molecule has 2 fully saturated rings. The summed E-state index contributed by atoms with van der Waals surface area (Å²) < 4.78 is 7.74. The second kappa shape index (κ2) is 5.38. The van der Waals surface area contributed by atoms with Crippen LogP contribution in [0.2, 0.25) is 0 Å². The topological polar surface area (TPSA) is 42.3 Å². The van der Waals surface area contributed by atoms with Gasteiger partial charge in [-0.2, -0.15) is 5.10 Å². The molecule has 0 amide bonds. The first kappa shape index (κ1) is 12.1. The van der Waals surface area contributed by atoms with Crippen molar-refractivity contribution in [3.63, 3.8) is 0 Å². The molecule has 1 aromatic heterocycles. The van der Waals surface area contributed by atoms with Crippen molar-refractivity contribution in [1.29, 1.82) is 0 Å². The van der Waals surface area contributed by atoms with Gasteiger partial charge in [0.1, 0.15) is 0 Å². The molecule has 5 heteroatoms. The monoisotopic (exact) mass is 250 g/mol. The molecule has 0 bridgehead atoms. The largest absolute Gasteiger partial charge is 0.374 e. The van der Waals surface area contributed by atoms with Gasteiger partial charge in [-0.15, -0.1) is 0 Å². The van der Waals surface area contributed by atoms with Crippen LogP contribution >= 0.6 is 0 Å². The second-order valence-corrected chi connectivity index (χ2v) is 5.36. The van der Waals surface area contributed by atoms with Crippen LogP contribution < -0.4 is 5.32 Å². The quantitative estimate of drug-likeness (QED) is 0.838. The molecule has 2 atom stereocenters. The Hall–Kier alpha value is -0.910. The van der Waals surface area contributed by atoms with Crippen LogP contribution in [0.15, 0.2) is 12.3 Å². The van der Waals surface area contributed by atoms with Crippen molar-refractivity contribution in [3.05, 3.63) is 18.0 Å². The molecule has 0 aromatic carbocycles. The maximum atomic E-state index is 5.91. The number of ether oxygens (including phenoxy) is 1. The zero-order valence-electron chi connectivity index (χ0n) is 11.0. The average Bonchev–Trinajstić information content (AvgIpc) is 2.97. The summed E-state index contributed by atoms with van der Waals surface area (Å²) in [5, 5.41) is 7.79. The number of nitrogens with zero attached hydrogens (tertiary/aromatic N) is 3. The summed E-state index contributed by atoms with van der Waals surface area (Å²) in [6.45, 7) is 4.99. The van der Waals surface area contributed by atoms with Gasteiger partial charge < -0.3 is 10.1 Å². The first-order chi connectivity index (χ1) is 8.81. The van der Waals surface area contributed by atoms with E-state index in [1.165, 1.54) is 19.4 Å². The van der Waals surface area contributed by atoms with Crippen molar-refractivity contribution in [2.45, 2.75) is 31.5 Å². The molecule has 2 aliphatic heterocycles. The summed E-state index contributed by atoms with van der Waals surface area (Å²) in [7, 11) is 1.95. The minimum absolute atomic E-state index is 0.336. The Bertz CT molecular complexity index is 392. The van der Waals surface area contributed by atoms with Gasteiger partial charge in [-0.25, -0.2) is 0 Å². The van der Waals surface area contributed by atoms with E-state index in [0.29, 0.717) is 12.1 Å². The third-order valence-corrected chi connectivity index (χ3v) is 3.91. The van der Waals surface area contributed by atoms with Crippen LogP contribution in [-0.2, 0) is 18.3 Å². The minimum atomic E-state index is 0.336. The number of hydrogen-bond acceptors (Lipinski definition) is 4. The van der Waals surface area contributed by atoms with E-state index in [1.54, 1.807) is 0 Å². The van der Waals surface area contributed by atoms with Gasteiger partial charge in [-0.05, 0) is 25.5 Å². The van der Waals surface area contributed by atoms with E-state index in [4.69, 9.17) is 4.74 Å². The second-order valence-electron chi connectivity index (χ2n) is 5.36. The Morgan fingerprint density at radius 3 is 3.33 bits per heavy atom. The maximum Gasteiger partial charge on any atom is 0.0827 e. The third kappa shape index (κ3) is 2.74. The van der Waals surface area contributed by atoms with Gasteiger partial charge in [0.05, 0.1) is 18.4 Å². The van der Waals surface area contributed by atoms with Crippen LogP contribution in [-0.4, -0.2) is 53.1 Å². The number of morpholine rings is 1. The maximum absolute atomic E-state index is 5.91. The van der Waals surface area contributed by atoms with Gasteiger partial charge in [0, 0.05) is 38.9 Å². The highest BCUT2D eigenvalue weighted by Crippen LogP contribution is 2.22. The predicted molar refractivity (Wildman–Crippen MR) is 69.2 cm³/mol. The average molecular weight is 250 g/mol. The highest BCUT2D eigenvalue weighted by Gasteiger charge is 2.31.